The molecule has 1 aromatic carbocycles. The van der Waals surface area contributed by atoms with E-state index in [2.05, 4.69) is 0 Å². The number of carbonyl (C=O) groups excluding carboxylic acids is 1. The van der Waals surface area contributed by atoms with E-state index in [-0.39, 0.29) is 18.9 Å². The highest BCUT2D eigenvalue weighted by atomic mass is 16.5. The van der Waals surface area contributed by atoms with Crippen molar-refractivity contribution in [2.75, 3.05) is 19.7 Å². The van der Waals surface area contributed by atoms with Gasteiger partial charge in [0.05, 0.1) is 13.0 Å². The van der Waals surface area contributed by atoms with Gasteiger partial charge in [0, 0.05) is 25.1 Å². The second kappa shape index (κ2) is 5.73. The standard InChI is InChI=1S/C14H17NO4/c1-2-15(7-5-13(16)17)14(18)11-3-4-12-10(9-11)6-8-19-12/h3-4,9H,2,5-8H2,1H3,(H,16,17). The molecule has 0 aliphatic carbocycles. The van der Waals surface area contributed by atoms with Crippen molar-refractivity contribution in [1.29, 1.82) is 0 Å². The maximum atomic E-state index is 12.3. The van der Waals surface area contributed by atoms with Gasteiger partial charge in [-0.3, -0.25) is 9.59 Å². The van der Waals surface area contributed by atoms with Crippen LogP contribution in [0, 0.1) is 0 Å². The van der Waals surface area contributed by atoms with Gasteiger partial charge in [-0.05, 0) is 30.7 Å². The minimum atomic E-state index is -0.895. The predicted molar refractivity (Wildman–Crippen MR) is 69.5 cm³/mol. The largest absolute Gasteiger partial charge is 0.493 e. The number of amides is 1. The smallest absolute Gasteiger partial charge is 0.305 e. The molecule has 0 fully saturated rings. The molecule has 0 saturated heterocycles. The lowest BCUT2D eigenvalue weighted by Crippen LogP contribution is -2.32. The second-order valence-corrected chi connectivity index (χ2v) is 4.45. The van der Waals surface area contributed by atoms with Gasteiger partial charge in [0.1, 0.15) is 5.75 Å². The number of carbonyl (C=O) groups is 2. The van der Waals surface area contributed by atoms with E-state index in [0.29, 0.717) is 18.7 Å². The van der Waals surface area contributed by atoms with Gasteiger partial charge in [-0.1, -0.05) is 0 Å². The highest BCUT2D eigenvalue weighted by molar-refractivity contribution is 5.94. The van der Waals surface area contributed by atoms with Crippen molar-refractivity contribution in [3.8, 4) is 5.75 Å². The van der Waals surface area contributed by atoms with Gasteiger partial charge in [-0.2, -0.15) is 0 Å². The zero-order valence-corrected chi connectivity index (χ0v) is 10.9. The van der Waals surface area contributed by atoms with Crippen LogP contribution in [0.2, 0.25) is 0 Å². The molecule has 0 spiro atoms. The first kappa shape index (κ1) is 13.4. The molecule has 0 unspecified atom stereocenters. The molecule has 1 heterocycles. The molecule has 102 valence electrons. The third kappa shape index (κ3) is 3.05. The van der Waals surface area contributed by atoms with Gasteiger partial charge >= 0.3 is 5.97 Å². The number of carboxylic acid groups (broad SMARTS) is 1. The summed E-state index contributed by atoms with van der Waals surface area (Å²) in [5.41, 5.74) is 1.64. The minimum Gasteiger partial charge on any atom is -0.493 e. The van der Waals surface area contributed by atoms with E-state index < -0.39 is 5.97 Å². The Kier molecular flexibility index (Phi) is 4.04. The lowest BCUT2D eigenvalue weighted by atomic mass is 10.1. The van der Waals surface area contributed by atoms with E-state index in [1.54, 1.807) is 17.0 Å². The molecule has 1 aromatic rings. The summed E-state index contributed by atoms with van der Waals surface area (Å²) in [5, 5.41) is 8.68. The summed E-state index contributed by atoms with van der Waals surface area (Å²) in [4.78, 5) is 24.4. The molecular formula is C14H17NO4. The van der Waals surface area contributed by atoms with Crippen LogP contribution in [0.1, 0.15) is 29.3 Å². The first-order chi connectivity index (χ1) is 9.11. The van der Waals surface area contributed by atoms with Crippen LogP contribution < -0.4 is 4.74 Å². The molecule has 1 amide bonds. The summed E-state index contributed by atoms with van der Waals surface area (Å²) in [5.74, 6) is -0.183. The van der Waals surface area contributed by atoms with Crippen LogP contribution in [0.15, 0.2) is 18.2 Å². The molecule has 0 bridgehead atoms. The van der Waals surface area contributed by atoms with E-state index in [9.17, 15) is 9.59 Å². The fraction of sp³-hybridized carbons (Fsp3) is 0.429. The van der Waals surface area contributed by atoms with Gasteiger partial charge < -0.3 is 14.7 Å². The number of benzene rings is 1. The predicted octanol–water partition coefficient (Wildman–Crippen LogP) is 1.56. The summed E-state index contributed by atoms with van der Waals surface area (Å²) in [6.45, 7) is 3.23. The average Bonchev–Trinajstić information content (AvgIpc) is 2.85. The molecular weight excluding hydrogens is 246 g/mol. The lowest BCUT2D eigenvalue weighted by Gasteiger charge is -2.20. The highest BCUT2D eigenvalue weighted by Crippen LogP contribution is 2.26. The first-order valence-electron chi connectivity index (χ1n) is 6.38. The average molecular weight is 263 g/mol. The summed E-state index contributed by atoms with van der Waals surface area (Å²) in [6.07, 6.45) is 0.783. The van der Waals surface area contributed by atoms with Crippen LogP contribution in [0.25, 0.3) is 0 Å². The van der Waals surface area contributed by atoms with Crippen LogP contribution in [-0.4, -0.2) is 41.6 Å². The van der Waals surface area contributed by atoms with Crippen LogP contribution in [-0.2, 0) is 11.2 Å². The lowest BCUT2D eigenvalue weighted by molar-refractivity contribution is -0.137. The Balaban J connectivity index is 2.11. The number of ether oxygens (including phenoxy) is 1. The molecule has 19 heavy (non-hydrogen) atoms. The SMILES string of the molecule is CCN(CCC(=O)O)C(=O)c1ccc2c(c1)CCO2. The Hall–Kier alpha value is -2.04. The van der Waals surface area contributed by atoms with Crippen LogP contribution in [0.3, 0.4) is 0 Å². The van der Waals surface area contributed by atoms with Gasteiger partial charge in [0.2, 0.25) is 0 Å². The minimum absolute atomic E-state index is 0.0341. The van der Waals surface area contributed by atoms with Crippen LogP contribution in [0.5, 0.6) is 5.75 Å². The number of rotatable bonds is 5. The molecule has 0 saturated carbocycles. The first-order valence-corrected chi connectivity index (χ1v) is 6.38. The number of fused-ring (bicyclic) bond motifs is 1. The van der Waals surface area contributed by atoms with E-state index in [0.717, 1.165) is 17.7 Å². The zero-order valence-electron chi connectivity index (χ0n) is 10.9. The van der Waals surface area contributed by atoms with Crippen LogP contribution in [0.4, 0.5) is 0 Å². The number of nitrogens with zero attached hydrogens (tertiary/aromatic N) is 1. The molecule has 0 aromatic heterocycles. The maximum absolute atomic E-state index is 12.3. The molecule has 1 N–H and O–H groups in total. The molecule has 0 radical (unpaired) electrons. The Morgan fingerprint density at radius 2 is 2.21 bits per heavy atom. The number of hydrogen-bond donors (Lipinski definition) is 1. The van der Waals surface area contributed by atoms with Crippen molar-refractivity contribution in [3.63, 3.8) is 0 Å². The summed E-state index contributed by atoms with van der Waals surface area (Å²) in [6, 6.07) is 5.38. The number of hydrogen-bond acceptors (Lipinski definition) is 3. The molecule has 1 aliphatic rings. The van der Waals surface area contributed by atoms with E-state index in [1.807, 2.05) is 13.0 Å². The van der Waals surface area contributed by atoms with Crippen molar-refractivity contribution < 1.29 is 19.4 Å². The fourth-order valence-corrected chi connectivity index (χ4v) is 2.14. The number of aliphatic carboxylic acids is 1. The Morgan fingerprint density at radius 3 is 2.89 bits per heavy atom. The van der Waals surface area contributed by atoms with Gasteiger partial charge in [0.15, 0.2) is 0 Å². The normalized spacial score (nSPS) is 12.7. The van der Waals surface area contributed by atoms with Crippen LogP contribution >= 0.6 is 0 Å². The fourth-order valence-electron chi connectivity index (χ4n) is 2.14. The molecule has 5 heteroatoms. The molecule has 0 atom stereocenters. The van der Waals surface area contributed by atoms with Gasteiger partial charge in [-0.25, -0.2) is 0 Å². The van der Waals surface area contributed by atoms with Crippen molar-refractivity contribution in [2.45, 2.75) is 19.8 Å². The van der Waals surface area contributed by atoms with E-state index in [4.69, 9.17) is 9.84 Å². The highest BCUT2D eigenvalue weighted by Gasteiger charge is 2.18. The summed E-state index contributed by atoms with van der Waals surface area (Å²) >= 11 is 0. The van der Waals surface area contributed by atoms with Crippen molar-refractivity contribution in [3.05, 3.63) is 29.3 Å². The van der Waals surface area contributed by atoms with Crippen molar-refractivity contribution in [2.24, 2.45) is 0 Å². The molecule has 5 nitrogen and oxygen atoms in total. The van der Waals surface area contributed by atoms with E-state index >= 15 is 0 Å². The summed E-state index contributed by atoms with van der Waals surface area (Å²) < 4.78 is 5.40. The Morgan fingerprint density at radius 1 is 1.42 bits per heavy atom. The van der Waals surface area contributed by atoms with E-state index in [1.165, 1.54) is 0 Å². The third-order valence-electron chi connectivity index (χ3n) is 3.20. The molecule has 2 rings (SSSR count). The van der Waals surface area contributed by atoms with Gasteiger partial charge in [0.25, 0.3) is 5.91 Å². The van der Waals surface area contributed by atoms with Crippen molar-refractivity contribution >= 4 is 11.9 Å². The topological polar surface area (TPSA) is 66.8 Å². The maximum Gasteiger partial charge on any atom is 0.305 e. The number of carboxylic acids is 1. The van der Waals surface area contributed by atoms with Crippen molar-refractivity contribution in [1.82, 2.24) is 4.90 Å². The quantitative estimate of drug-likeness (QED) is 0.875. The Bertz CT molecular complexity index is 498. The summed E-state index contributed by atoms with van der Waals surface area (Å²) in [7, 11) is 0. The second-order valence-electron chi connectivity index (χ2n) is 4.45. The molecule has 1 aliphatic heterocycles. The van der Waals surface area contributed by atoms with Gasteiger partial charge in [-0.15, -0.1) is 0 Å². The third-order valence-corrected chi connectivity index (χ3v) is 3.20. The zero-order chi connectivity index (χ0) is 13.8. The monoisotopic (exact) mass is 263 g/mol. The Labute approximate surface area is 111 Å².